The van der Waals surface area contributed by atoms with Gasteiger partial charge in [0, 0.05) is 0 Å². The Labute approximate surface area is 106 Å². The Balaban J connectivity index is 0. The average molecular weight is 204 g/mol. The van der Waals surface area contributed by atoms with Gasteiger partial charge >= 0.3 is 29.6 Å². The van der Waals surface area contributed by atoms with E-state index in [-0.39, 0.29) is 35.1 Å². The minimum absolute atomic E-state index is 0. The van der Waals surface area contributed by atoms with Gasteiger partial charge in [0.05, 0.1) is 5.97 Å². The Kier molecular flexibility index (Phi) is 9.20. The summed E-state index contributed by atoms with van der Waals surface area (Å²) < 4.78 is 0. The first kappa shape index (κ1) is 16.1. The predicted octanol–water partition coefficient (Wildman–Crippen LogP) is -2.82. The first-order valence-electron chi connectivity index (χ1n) is 3.88. The molecule has 0 amide bonds. The smallest absolute Gasteiger partial charge is 0.547 e. The third kappa shape index (κ3) is 5.40. The molecule has 4 heteroatoms. The standard InChI is InChI=1S/C10H14O3.Na/c1-4-5-6-8(7(2)3)9(11)10(12)13;/h4-6,9,11H,2H2,1,3H3,(H,12,13);/q;+1/p-1/b5-4-,8-6+;. The number of allylic oxidation sites excluding steroid dienone is 3. The molecule has 0 aromatic rings. The molecule has 0 aliphatic heterocycles. The maximum absolute atomic E-state index is 10.3. The minimum Gasteiger partial charge on any atom is -0.547 e. The number of carbonyl (C=O) groups is 1. The largest absolute Gasteiger partial charge is 1.00 e. The summed E-state index contributed by atoms with van der Waals surface area (Å²) in [6, 6.07) is 0. The van der Waals surface area contributed by atoms with Crippen molar-refractivity contribution >= 4 is 5.97 Å². The average Bonchev–Trinajstić information content (AvgIpc) is 2.04. The fourth-order valence-corrected chi connectivity index (χ4v) is 0.794. The van der Waals surface area contributed by atoms with E-state index in [4.69, 9.17) is 5.11 Å². The number of rotatable bonds is 4. The van der Waals surface area contributed by atoms with Crippen LogP contribution in [0.25, 0.3) is 0 Å². The summed E-state index contributed by atoms with van der Waals surface area (Å²) in [6.07, 6.45) is 3.26. The summed E-state index contributed by atoms with van der Waals surface area (Å²) in [5.41, 5.74) is 0.771. The molecule has 72 valence electrons. The SMILES string of the molecule is C=C(C)/C(=C\C=C/C)C(O)C(=O)[O-].[Na+]. The molecule has 0 aliphatic rings. The molecule has 0 fully saturated rings. The monoisotopic (exact) mass is 204 g/mol. The molecule has 1 N–H and O–H groups in total. The quantitative estimate of drug-likeness (QED) is 0.397. The van der Waals surface area contributed by atoms with Gasteiger partial charge in [0.1, 0.15) is 6.10 Å². The van der Waals surface area contributed by atoms with E-state index in [2.05, 4.69) is 6.58 Å². The maximum atomic E-state index is 10.3. The van der Waals surface area contributed by atoms with E-state index in [0.29, 0.717) is 5.57 Å². The number of carboxylic acids is 1. The zero-order chi connectivity index (χ0) is 10.4. The first-order chi connectivity index (χ1) is 6.00. The minimum atomic E-state index is -1.60. The number of carboxylic acid groups (broad SMARTS) is 1. The van der Waals surface area contributed by atoms with Gasteiger partial charge in [0.25, 0.3) is 0 Å². The van der Waals surface area contributed by atoms with Crippen LogP contribution in [0.2, 0.25) is 0 Å². The Hall–Kier alpha value is -0.350. The molecule has 1 atom stereocenters. The molecule has 0 spiro atoms. The fraction of sp³-hybridized carbons (Fsp3) is 0.300. The van der Waals surface area contributed by atoms with E-state index in [1.807, 2.05) is 0 Å². The zero-order valence-electron chi connectivity index (χ0n) is 8.78. The van der Waals surface area contributed by atoms with Gasteiger partial charge in [0.2, 0.25) is 0 Å². The molecule has 0 aromatic heterocycles. The Morgan fingerprint density at radius 1 is 1.57 bits per heavy atom. The van der Waals surface area contributed by atoms with Crippen LogP contribution in [0.4, 0.5) is 0 Å². The molecule has 0 rings (SSSR count). The normalized spacial score (nSPS) is 13.5. The van der Waals surface area contributed by atoms with Crippen molar-refractivity contribution < 1.29 is 44.6 Å². The molecule has 1 unspecified atom stereocenters. The summed E-state index contributed by atoms with van der Waals surface area (Å²) in [7, 11) is 0. The number of hydrogen-bond donors (Lipinski definition) is 1. The van der Waals surface area contributed by atoms with Crippen molar-refractivity contribution in [1.82, 2.24) is 0 Å². The van der Waals surface area contributed by atoms with Crippen molar-refractivity contribution in [3.8, 4) is 0 Å². The predicted molar refractivity (Wildman–Crippen MR) is 48.7 cm³/mol. The van der Waals surface area contributed by atoms with Crippen LogP contribution >= 0.6 is 0 Å². The van der Waals surface area contributed by atoms with Crippen molar-refractivity contribution in [3.63, 3.8) is 0 Å². The van der Waals surface area contributed by atoms with Gasteiger partial charge in [-0.25, -0.2) is 0 Å². The van der Waals surface area contributed by atoms with Crippen molar-refractivity contribution in [2.24, 2.45) is 0 Å². The zero-order valence-corrected chi connectivity index (χ0v) is 10.8. The van der Waals surface area contributed by atoms with Crippen LogP contribution < -0.4 is 34.7 Å². The van der Waals surface area contributed by atoms with Crippen LogP contribution in [0.1, 0.15) is 13.8 Å². The molecule has 3 nitrogen and oxygen atoms in total. The van der Waals surface area contributed by atoms with Gasteiger partial charge < -0.3 is 15.0 Å². The van der Waals surface area contributed by atoms with Crippen LogP contribution in [0.15, 0.2) is 36.0 Å². The molecule has 14 heavy (non-hydrogen) atoms. The van der Waals surface area contributed by atoms with Gasteiger partial charge in [-0.1, -0.05) is 30.4 Å². The van der Waals surface area contributed by atoms with Crippen LogP contribution in [-0.2, 0) is 4.79 Å². The van der Waals surface area contributed by atoms with Crippen LogP contribution in [0, 0.1) is 0 Å². The molecule has 0 bridgehead atoms. The molecular formula is C10H13NaO3. The number of hydrogen-bond acceptors (Lipinski definition) is 3. The van der Waals surface area contributed by atoms with Crippen molar-refractivity contribution in [1.29, 1.82) is 0 Å². The van der Waals surface area contributed by atoms with E-state index in [1.165, 1.54) is 6.08 Å². The molecule has 0 heterocycles. The summed E-state index contributed by atoms with van der Waals surface area (Å²) in [6.45, 7) is 6.97. The summed E-state index contributed by atoms with van der Waals surface area (Å²) in [5.74, 6) is -1.52. The molecular weight excluding hydrogens is 191 g/mol. The molecule has 0 aromatic carbocycles. The number of aliphatic hydroxyl groups is 1. The Morgan fingerprint density at radius 3 is 2.36 bits per heavy atom. The number of carbonyl (C=O) groups excluding carboxylic acids is 1. The number of aliphatic carboxylic acids is 1. The van der Waals surface area contributed by atoms with Crippen molar-refractivity contribution in [2.45, 2.75) is 20.0 Å². The van der Waals surface area contributed by atoms with E-state index in [1.54, 1.807) is 26.0 Å². The second-order valence-corrected chi connectivity index (χ2v) is 2.65. The van der Waals surface area contributed by atoms with Gasteiger partial charge in [-0.2, -0.15) is 0 Å². The molecule has 0 saturated heterocycles. The Morgan fingerprint density at radius 2 is 2.07 bits per heavy atom. The van der Waals surface area contributed by atoms with Crippen molar-refractivity contribution in [3.05, 3.63) is 36.0 Å². The van der Waals surface area contributed by atoms with E-state index in [0.717, 1.165) is 0 Å². The van der Waals surface area contributed by atoms with E-state index >= 15 is 0 Å². The van der Waals surface area contributed by atoms with Crippen LogP contribution in [0.3, 0.4) is 0 Å². The second-order valence-electron chi connectivity index (χ2n) is 2.65. The van der Waals surface area contributed by atoms with E-state index < -0.39 is 12.1 Å². The second kappa shape index (κ2) is 8.00. The fourth-order valence-electron chi connectivity index (χ4n) is 0.794. The van der Waals surface area contributed by atoms with Gasteiger partial charge in [0.15, 0.2) is 0 Å². The topological polar surface area (TPSA) is 60.4 Å². The van der Waals surface area contributed by atoms with E-state index in [9.17, 15) is 9.90 Å². The Bertz CT molecular complexity index is 267. The summed E-state index contributed by atoms with van der Waals surface area (Å²) in [5, 5.41) is 19.5. The molecule has 0 radical (unpaired) electrons. The number of aliphatic hydroxyl groups excluding tert-OH is 1. The van der Waals surface area contributed by atoms with Crippen LogP contribution in [0.5, 0.6) is 0 Å². The van der Waals surface area contributed by atoms with Gasteiger partial charge in [-0.15, -0.1) is 0 Å². The third-order valence-corrected chi connectivity index (χ3v) is 1.48. The van der Waals surface area contributed by atoms with Gasteiger partial charge in [-0.05, 0) is 19.4 Å². The molecule has 0 aliphatic carbocycles. The summed E-state index contributed by atoms with van der Waals surface area (Å²) >= 11 is 0. The third-order valence-electron chi connectivity index (χ3n) is 1.48. The van der Waals surface area contributed by atoms with Crippen LogP contribution in [-0.4, -0.2) is 17.2 Å². The van der Waals surface area contributed by atoms with Crippen molar-refractivity contribution in [2.75, 3.05) is 0 Å². The summed E-state index contributed by atoms with van der Waals surface area (Å²) in [4.78, 5) is 10.3. The van der Waals surface area contributed by atoms with Gasteiger partial charge in [-0.3, -0.25) is 0 Å². The first-order valence-corrected chi connectivity index (χ1v) is 3.88. The maximum Gasteiger partial charge on any atom is 1.00 e. The molecule has 0 saturated carbocycles.